The number of likely N-dealkylation sites (N-methyl/N-ethyl adjacent to an activating group) is 1. The molecule has 1 aliphatic heterocycles. The van der Waals surface area contributed by atoms with Crippen LogP contribution in [0.1, 0.15) is 19.8 Å². The van der Waals surface area contributed by atoms with Gasteiger partial charge in [-0.05, 0) is 55.0 Å². The third kappa shape index (κ3) is 3.56. The molecule has 1 heterocycles. The Morgan fingerprint density at radius 2 is 2.37 bits per heavy atom. The third-order valence-electron chi connectivity index (χ3n) is 3.47. The summed E-state index contributed by atoms with van der Waals surface area (Å²) >= 11 is 2.18. The maximum Gasteiger partial charge on any atom is 0.270 e. The number of nitrogens with zero attached hydrogens (tertiary/aromatic N) is 2. The Kier molecular flexibility index (Phi) is 4.98. The van der Waals surface area contributed by atoms with Gasteiger partial charge in [-0.2, -0.15) is 0 Å². The predicted octanol–water partition coefficient (Wildman–Crippen LogP) is 2.78. The smallest absolute Gasteiger partial charge is 0.270 e. The zero-order valence-corrected chi connectivity index (χ0v) is 13.1. The van der Waals surface area contributed by atoms with E-state index in [0.717, 1.165) is 28.9 Å². The molecule has 0 bridgehead atoms. The van der Waals surface area contributed by atoms with Crippen LogP contribution in [0.4, 0.5) is 11.4 Å². The first-order valence-corrected chi connectivity index (χ1v) is 7.62. The van der Waals surface area contributed by atoms with Crippen LogP contribution < -0.4 is 10.2 Å². The van der Waals surface area contributed by atoms with E-state index >= 15 is 0 Å². The molecule has 19 heavy (non-hydrogen) atoms. The van der Waals surface area contributed by atoms with E-state index in [1.165, 1.54) is 12.8 Å². The molecule has 1 aliphatic rings. The predicted molar refractivity (Wildman–Crippen MR) is 84.7 cm³/mol. The van der Waals surface area contributed by atoms with E-state index in [9.17, 15) is 10.1 Å². The normalized spacial score (nSPS) is 18.5. The maximum absolute atomic E-state index is 10.8. The Hall–Kier alpha value is -0.890. The minimum absolute atomic E-state index is 0.156. The molecule has 1 unspecified atom stereocenters. The van der Waals surface area contributed by atoms with Gasteiger partial charge in [-0.3, -0.25) is 10.1 Å². The van der Waals surface area contributed by atoms with Crippen molar-refractivity contribution in [1.82, 2.24) is 5.32 Å². The van der Waals surface area contributed by atoms with Gasteiger partial charge in [0.15, 0.2) is 0 Å². The second-order valence-electron chi connectivity index (χ2n) is 4.72. The monoisotopic (exact) mass is 375 g/mol. The molecule has 5 nitrogen and oxygen atoms in total. The lowest BCUT2D eigenvalue weighted by Gasteiger charge is -2.27. The van der Waals surface area contributed by atoms with E-state index in [1.807, 2.05) is 6.07 Å². The Bertz CT molecular complexity index is 461. The summed E-state index contributed by atoms with van der Waals surface area (Å²) in [5, 5.41) is 14.2. The van der Waals surface area contributed by atoms with Gasteiger partial charge in [-0.15, -0.1) is 0 Å². The van der Waals surface area contributed by atoms with E-state index in [4.69, 9.17) is 0 Å². The fraction of sp³-hybridized carbons (Fsp3) is 0.538. The molecule has 0 aromatic heterocycles. The number of nitro benzene ring substituents is 1. The van der Waals surface area contributed by atoms with Gasteiger partial charge in [-0.25, -0.2) is 0 Å². The zero-order valence-electron chi connectivity index (χ0n) is 10.9. The molecule has 1 saturated heterocycles. The minimum Gasteiger partial charge on any atom is -0.369 e. The molecule has 1 aromatic rings. The lowest BCUT2D eigenvalue weighted by atomic mass is 10.2. The molecule has 1 N–H and O–H groups in total. The quantitative estimate of drug-likeness (QED) is 0.489. The number of anilines is 1. The number of rotatable bonds is 5. The first-order chi connectivity index (χ1) is 9.11. The number of benzene rings is 1. The van der Waals surface area contributed by atoms with Gasteiger partial charge in [0.1, 0.15) is 0 Å². The highest BCUT2D eigenvalue weighted by Gasteiger charge is 2.19. The van der Waals surface area contributed by atoms with Crippen molar-refractivity contribution in [2.75, 3.05) is 24.5 Å². The Balaban J connectivity index is 2.15. The topological polar surface area (TPSA) is 58.4 Å². The number of halogens is 1. The highest BCUT2D eigenvalue weighted by Crippen LogP contribution is 2.27. The van der Waals surface area contributed by atoms with Crippen LogP contribution >= 0.6 is 22.6 Å². The van der Waals surface area contributed by atoms with Crippen LogP contribution in [0.25, 0.3) is 0 Å². The molecule has 0 saturated carbocycles. The zero-order chi connectivity index (χ0) is 13.8. The summed E-state index contributed by atoms with van der Waals surface area (Å²) < 4.78 is 0.937. The first-order valence-electron chi connectivity index (χ1n) is 6.54. The number of hydrogen-bond acceptors (Lipinski definition) is 4. The van der Waals surface area contributed by atoms with E-state index in [1.54, 1.807) is 12.1 Å². The van der Waals surface area contributed by atoms with Crippen LogP contribution in [0.3, 0.4) is 0 Å². The van der Waals surface area contributed by atoms with Crippen molar-refractivity contribution in [2.24, 2.45) is 0 Å². The first kappa shape index (κ1) is 14.5. The lowest BCUT2D eigenvalue weighted by Crippen LogP contribution is -2.37. The van der Waals surface area contributed by atoms with Crippen molar-refractivity contribution in [2.45, 2.75) is 25.8 Å². The van der Waals surface area contributed by atoms with Crippen molar-refractivity contribution < 1.29 is 4.92 Å². The van der Waals surface area contributed by atoms with Gasteiger partial charge >= 0.3 is 0 Å². The highest BCUT2D eigenvalue weighted by atomic mass is 127. The van der Waals surface area contributed by atoms with Gasteiger partial charge < -0.3 is 10.2 Å². The largest absolute Gasteiger partial charge is 0.369 e. The second-order valence-corrected chi connectivity index (χ2v) is 5.89. The molecule has 1 aromatic carbocycles. The standard InChI is InChI=1S/C13H18IN3O2/c1-2-16(9-10-4-3-7-15-10)13-6-5-11(17(18)19)8-12(13)14/h5-6,8,10,15H,2-4,7,9H2,1H3. The van der Waals surface area contributed by atoms with Crippen LogP contribution in [0.15, 0.2) is 18.2 Å². The summed E-state index contributed by atoms with van der Waals surface area (Å²) in [5.41, 5.74) is 1.24. The summed E-state index contributed by atoms with van der Waals surface area (Å²) in [7, 11) is 0. The van der Waals surface area contributed by atoms with Crippen LogP contribution in [0, 0.1) is 13.7 Å². The lowest BCUT2D eigenvalue weighted by molar-refractivity contribution is -0.384. The van der Waals surface area contributed by atoms with Crippen LogP contribution in [-0.4, -0.2) is 30.6 Å². The average molecular weight is 375 g/mol. The van der Waals surface area contributed by atoms with Crippen molar-refractivity contribution in [3.05, 3.63) is 31.9 Å². The van der Waals surface area contributed by atoms with Crippen LogP contribution in [0.2, 0.25) is 0 Å². The fourth-order valence-electron chi connectivity index (χ4n) is 2.44. The molecular formula is C13H18IN3O2. The van der Waals surface area contributed by atoms with Gasteiger partial charge in [-0.1, -0.05) is 0 Å². The van der Waals surface area contributed by atoms with Crippen LogP contribution in [0.5, 0.6) is 0 Å². The number of hydrogen-bond donors (Lipinski definition) is 1. The molecule has 104 valence electrons. The third-order valence-corrected chi connectivity index (χ3v) is 4.33. The maximum atomic E-state index is 10.8. The Morgan fingerprint density at radius 3 is 2.89 bits per heavy atom. The van der Waals surface area contributed by atoms with Gasteiger partial charge in [0, 0.05) is 34.8 Å². The number of nitrogens with one attached hydrogen (secondary N) is 1. The summed E-state index contributed by atoms with van der Waals surface area (Å²) in [6.07, 6.45) is 2.44. The Labute approximate surface area is 126 Å². The highest BCUT2D eigenvalue weighted by molar-refractivity contribution is 14.1. The van der Waals surface area contributed by atoms with Gasteiger partial charge in [0.2, 0.25) is 0 Å². The summed E-state index contributed by atoms with van der Waals surface area (Å²) in [5.74, 6) is 0. The minimum atomic E-state index is -0.346. The van der Waals surface area contributed by atoms with E-state index in [0.29, 0.717) is 6.04 Å². The molecule has 6 heteroatoms. The fourth-order valence-corrected chi connectivity index (χ4v) is 3.28. The average Bonchev–Trinajstić information content (AvgIpc) is 2.89. The molecule has 0 radical (unpaired) electrons. The summed E-state index contributed by atoms with van der Waals surface area (Å²) in [6, 6.07) is 5.62. The Morgan fingerprint density at radius 1 is 1.58 bits per heavy atom. The van der Waals surface area contributed by atoms with Crippen molar-refractivity contribution in [3.8, 4) is 0 Å². The van der Waals surface area contributed by atoms with Gasteiger partial charge in [0.05, 0.1) is 10.6 Å². The molecule has 1 fully saturated rings. The van der Waals surface area contributed by atoms with Crippen molar-refractivity contribution in [3.63, 3.8) is 0 Å². The van der Waals surface area contributed by atoms with Crippen LogP contribution in [-0.2, 0) is 0 Å². The molecule has 1 atom stereocenters. The molecular weight excluding hydrogens is 357 g/mol. The van der Waals surface area contributed by atoms with E-state index < -0.39 is 0 Å². The molecule has 2 rings (SSSR count). The summed E-state index contributed by atoms with van der Waals surface area (Å²) in [4.78, 5) is 12.7. The van der Waals surface area contributed by atoms with Gasteiger partial charge in [0.25, 0.3) is 5.69 Å². The number of nitro groups is 1. The molecule has 0 amide bonds. The molecule has 0 spiro atoms. The number of non-ortho nitro benzene ring substituents is 1. The van der Waals surface area contributed by atoms with E-state index in [2.05, 4.69) is 39.7 Å². The molecule has 0 aliphatic carbocycles. The van der Waals surface area contributed by atoms with Crippen molar-refractivity contribution >= 4 is 34.0 Å². The summed E-state index contributed by atoms with van der Waals surface area (Å²) in [6.45, 7) is 5.09. The van der Waals surface area contributed by atoms with Crippen molar-refractivity contribution in [1.29, 1.82) is 0 Å². The SMILES string of the molecule is CCN(CC1CCCN1)c1ccc([N+](=O)[O-])cc1I. The second kappa shape index (κ2) is 6.51. The van der Waals surface area contributed by atoms with E-state index in [-0.39, 0.29) is 10.6 Å².